The summed E-state index contributed by atoms with van der Waals surface area (Å²) in [5, 5.41) is 13.3. The number of carboxylic acid groups (broad SMARTS) is 1. The van der Waals surface area contributed by atoms with E-state index in [0.717, 1.165) is 33.0 Å². The van der Waals surface area contributed by atoms with Crippen LogP contribution in [0.2, 0.25) is 0 Å². The fraction of sp³-hybridized carbons (Fsp3) is 0.0968. The zero-order valence-electron chi connectivity index (χ0n) is 23.8. The fourth-order valence-corrected chi connectivity index (χ4v) is 4.29. The van der Waals surface area contributed by atoms with E-state index in [2.05, 4.69) is 15.1 Å². The maximum atomic E-state index is 14.0. The van der Waals surface area contributed by atoms with Gasteiger partial charge >= 0.3 is 11.7 Å². The van der Waals surface area contributed by atoms with Crippen LogP contribution in [-0.4, -0.2) is 39.8 Å². The molecule has 0 saturated carbocycles. The number of aromatic carboxylic acids is 1. The molecule has 2 aromatic carbocycles. The van der Waals surface area contributed by atoms with Crippen molar-refractivity contribution in [3.63, 3.8) is 0 Å². The van der Waals surface area contributed by atoms with E-state index in [1.807, 2.05) is 6.20 Å². The molecule has 3 N–H and O–H groups in total. The second-order valence-corrected chi connectivity index (χ2v) is 9.89. The van der Waals surface area contributed by atoms with Crippen LogP contribution in [0.1, 0.15) is 30.2 Å². The lowest BCUT2D eigenvalue weighted by atomic mass is 10.2. The van der Waals surface area contributed by atoms with Crippen molar-refractivity contribution in [1.82, 2.24) is 28.7 Å². The number of pyridine rings is 1. The topological polar surface area (TPSA) is 160 Å². The van der Waals surface area contributed by atoms with Gasteiger partial charge in [-0.05, 0) is 62.4 Å². The summed E-state index contributed by atoms with van der Waals surface area (Å²) in [7, 11) is 0. The molecule has 0 aliphatic rings. The predicted molar refractivity (Wildman–Crippen MR) is 161 cm³/mol. The summed E-state index contributed by atoms with van der Waals surface area (Å²) in [4.78, 5) is 44.0. The minimum Gasteiger partial charge on any atom is -0.477 e. The number of nitrogens with zero attached hydrogens (tertiary/aromatic N) is 6. The molecule has 6 rings (SSSR count). The van der Waals surface area contributed by atoms with Gasteiger partial charge in [-0.2, -0.15) is 5.10 Å². The van der Waals surface area contributed by atoms with Crippen LogP contribution in [-0.2, 0) is 0 Å². The van der Waals surface area contributed by atoms with Crippen molar-refractivity contribution in [3.05, 3.63) is 130 Å². The summed E-state index contributed by atoms with van der Waals surface area (Å²) in [6.45, 7) is 3.37. The van der Waals surface area contributed by atoms with E-state index < -0.39 is 34.4 Å². The molecule has 0 aliphatic heterocycles. The van der Waals surface area contributed by atoms with E-state index >= 15 is 0 Å². The molecule has 0 amide bonds. The Morgan fingerprint density at radius 2 is 1.71 bits per heavy atom. The molecular formula is C31H25F2N7O5. The number of fused-ring (bicyclic) bond motifs is 1. The van der Waals surface area contributed by atoms with Crippen molar-refractivity contribution in [2.45, 2.75) is 19.9 Å². The van der Waals surface area contributed by atoms with Gasteiger partial charge in [0.2, 0.25) is 0 Å². The third-order valence-electron chi connectivity index (χ3n) is 6.49. The zero-order chi connectivity index (χ0) is 32.2. The van der Waals surface area contributed by atoms with Crippen LogP contribution in [0, 0.1) is 11.6 Å². The highest BCUT2D eigenvalue weighted by molar-refractivity contribution is 5.86. The molecule has 0 unspecified atom stereocenters. The summed E-state index contributed by atoms with van der Waals surface area (Å²) in [5.41, 5.74) is 6.00. The SMILES string of the molecule is CC(C)n1cc(C(=O)O)c(=O)n(-c2ccc(F)cc2)c1=O.Nc1ccc(Oc2cc(-c3cnccn3)cn3nccc23)c(F)c1. The Morgan fingerprint density at radius 3 is 2.36 bits per heavy atom. The number of rotatable bonds is 6. The molecule has 0 fully saturated rings. The number of anilines is 1. The Morgan fingerprint density at radius 1 is 0.956 bits per heavy atom. The molecule has 0 aliphatic carbocycles. The second-order valence-electron chi connectivity index (χ2n) is 9.89. The number of halogens is 2. The van der Waals surface area contributed by atoms with Gasteiger partial charge in [0.25, 0.3) is 5.56 Å². The maximum absolute atomic E-state index is 14.0. The summed E-state index contributed by atoms with van der Waals surface area (Å²) >= 11 is 0. The van der Waals surface area contributed by atoms with Crippen molar-refractivity contribution in [2.24, 2.45) is 0 Å². The second kappa shape index (κ2) is 12.6. The van der Waals surface area contributed by atoms with Gasteiger partial charge in [-0.1, -0.05) is 0 Å². The Kier molecular flexibility index (Phi) is 8.47. The number of hydrogen-bond donors (Lipinski definition) is 2. The molecular weight excluding hydrogens is 588 g/mol. The first-order valence-electron chi connectivity index (χ1n) is 13.4. The van der Waals surface area contributed by atoms with Gasteiger partial charge in [-0.25, -0.2) is 27.5 Å². The van der Waals surface area contributed by atoms with Gasteiger partial charge in [0, 0.05) is 48.1 Å². The van der Waals surface area contributed by atoms with Crippen LogP contribution in [0.15, 0.2) is 101 Å². The van der Waals surface area contributed by atoms with E-state index in [-0.39, 0.29) is 17.5 Å². The van der Waals surface area contributed by atoms with E-state index in [4.69, 9.17) is 15.6 Å². The third-order valence-corrected chi connectivity index (χ3v) is 6.49. The number of benzene rings is 2. The molecule has 12 nitrogen and oxygen atoms in total. The highest BCUT2D eigenvalue weighted by Gasteiger charge is 2.19. The Balaban J connectivity index is 0.000000180. The number of nitrogen functional groups attached to an aromatic ring is 1. The Labute approximate surface area is 253 Å². The van der Waals surface area contributed by atoms with Crippen LogP contribution in [0.25, 0.3) is 22.5 Å². The van der Waals surface area contributed by atoms with Crippen LogP contribution < -0.4 is 21.7 Å². The normalized spacial score (nSPS) is 10.9. The third kappa shape index (κ3) is 6.44. The standard InChI is InChI=1S/C17H12FN5O.C14H13FN2O4/c18-13-8-12(19)1-2-16(13)24-17-7-11(14-9-20-5-6-21-14)10-23-15(17)3-4-22-23;1-8(2)16-7-11(13(19)20)12(18)17(14(16)21)10-5-3-9(15)4-6-10/h1-10H,19H2;3-8H,1-2H3,(H,19,20). The molecule has 6 aromatic rings. The maximum Gasteiger partial charge on any atom is 0.342 e. The number of hydrogen-bond acceptors (Lipinski definition) is 8. The molecule has 0 atom stereocenters. The smallest absolute Gasteiger partial charge is 0.342 e. The zero-order valence-corrected chi connectivity index (χ0v) is 23.8. The van der Waals surface area contributed by atoms with Gasteiger partial charge in [0.05, 0.1) is 23.8 Å². The van der Waals surface area contributed by atoms with Crippen LogP contribution in [0.4, 0.5) is 14.5 Å². The number of carboxylic acids is 1. The lowest BCUT2D eigenvalue weighted by Gasteiger charge is -2.14. The molecule has 45 heavy (non-hydrogen) atoms. The Bertz CT molecular complexity index is 2130. The van der Waals surface area contributed by atoms with Crippen molar-refractivity contribution in [3.8, 4) is 28.4 Å². The first kappa shape index (κ1) is 30.3. The van der Waals surface area contributed by atoms with Crippen LogP contribution in [0.3, 0.4) is 0 Å². The van der Waals surface area contributed by atoms with E-state index in [1.54, 1.807) is 61.3 Å². The van der Waals surface area contributed by atoms with Crippen molar-refractivity contribution in [1.29, 1.82) is 0 Å². The molecule has 0 saturated heterocycles. The molecule has 4 heterocycles. The van der Waals surface area contributed by atoms with Crippen LogP contribution in [0.5, 0.6) is 11.5 Å². The monoisotopic (exact) mass is 613 g/mol. The molecule has 0 spiro atoms. The number of ether oxygens (including phenoxy) is 1. The minimum absolute atomic E-state index is 0.0867. The Hall–Kier alpha value is -6.18. The fourth-order valence-electron chi connectivity index (χ4n) is 4.29. The van der Waals surface area contributed by atoms with E-state index in [9.17, 15) is 23.2 Å². The average molecular weight is 614 g/mol. The molecule has 0 bridgehead atoms. The van der Waals surface area contributed by atoms with E-state index in [1.165, 1.54) is 24.3 Å². The molecule has 14 heteroatoms. The van der Waals surface area contributed by atoms with Crippen molar-refractivity contribution in [2.75, 3.05) is 5.73 Å². The van der Waals surface area contributed by atoms with E-state index in [0.29, 0.717) is 22.6 Å². The van der Waals surface area contributed by atoms with Gasteiger partial charge in [0.15, 0.2) is 17.3 Å². The summed E-state index contributed by atoms with van der Waals surface area (Å²) in [6.07, 6.45) is 9.31. The number of nitrogens with two attached hydrogens (primary N) is 1. The van der Waals surface area contributed by atoms with Crippen LogP contribution >= 0.6 is 0 Å². The molecule has 0 radical (unpaired) electrons. The molecule has 4 aromatic heterocycles. The molecule has 228 valence electrons. The summed E-state index contributed by atoms with van der Waals surface area (Å²) in [6, 6.07) is 12.2. The van der Waals surface area contributed by atoms with Crippen molar-refractivity contribution >= 4 is 17.2 Å². The predicted octanol–water partition coefficient (Wildman–Crippen LogP) is 4.72. The lowest BCUT2D eigenvalue weighted by molar-refractivity contribution is 0.0693. The summed E-state index contributed by atoms with van der Waals surface area (Å²) in [5.74, 6) is -1.93. The number of carbonyl (C=O) groups is 1. The highest BCUT2D eigenvalue weighted by Crippen LogP contribution is 2.32. The van der Waals surface area contributed by atoms with Gasteiger partial charge < -0.3 is 15.6 Å². The average Bonchev–Trinajstić information content (AvgIpc) is 3.49. The van der Waals surface area contributed by atoms with Gasteiger partial charge in [-0.15, -0.1) is 0 Å². The van der Waals surface area contributed by atoms with Crippen molar-refractivity contribution < 1.29 is 23.4 Å². The first-order chi connectivity index (χ1) is 21.5. The van der Waals surface area contributed by atoms with Gasteiger partial charge in [-0.3, -0.25) is 19.3 Å². The summed E-state index contributed by atoms with van der Waals surface area (Å²) < 4.78 is 36.3. The quantitative estimate of drug-likeness (QED) is 0.253. The minimum atomic E-state index is -1.43. The number of aromatic nitrogens is 6. The lowest BCUT2D eigenvalue weighted by Crippen LogP contribution is -2.41. The largest absolute Gasteiger partial charge is 0.477 e. The first-order valence-corrected chi connectivity index (χ1v) is 13.4. The highest BCUT2D eigenvalue weighted by atomic mass is 19.1. The van der Waals surface area contributed by atoms with Gasteiger partial charge in [0.1, 0.15) is 16.9 Å².